The van der Waals surface area contributed by atoms with Gasteiger partial charge in [-0.1, -0.05) is 23.2 Å². The molecule has 0 aliphatic rings. The van der Waals surface area contributed by atoms with Gasteiger partial charge in [0.25, 0.3) is 0 Å². The number of aromatic nitrogens is 2. The Kier molecular flexibility index (Phi) is 3.90. The predicted octanol–water partition coefficient (Wildman–Crippen LogP) is 4.45. The van der Waals surface area contributed by atoms with Crippen LogP contribution in [0.25, 0.3) is 0 Å². The molecule has 1 atom stereocenters. The van der Waals surface area contributed by atoms with Crippen LogP contribution in [0.2, 0.25) is 10.0 Å². The fraction of sp³-hybridized carbons (Fsp3) is 0.250. The minimum absolute atomic E-state index is 0.0822. The Balaban J connectivity index is 2.50. The molecule has 3 nitrogen and oxygen atoms in total. The number of rotatable bonds is 2. The number of aryl methyl sites for hydroxylation is 1. The Morgan fingerprint density at radius 1 is 1.39 bits per heavy atom. The third kappa shape index (κ3) is 2.37. The first-order valence-corrected chi connectivity index (χ1v) is 6.91. The fourth-order valence-electron chi connectivity index (χ4n) is 1.81. The molecular formula is C12H12BrCl2N3. The number of nitrogens with zero attached hydrogens (tertiary/aromatic N) is 2. The Hall–Kier alpha value is -0.710. The average molecular weight is 349 g/mol. The second-order valence-corrected chi connectivity index (χ2v) is 5.71. The van der Waals surface area contributed by atoms with Crippen LogP contribution in [0.15, 0.2) is 22.7 Å². The highest BCUT2D eigenvalue weighted by atomic mass is 79.9. The molecular weight excluding hydrogens is 337 g/mol. The minimum atomic E-state index is -0.0822. The molecule has 1 aromatic carbocycles. The van der Waals surface area contributed by atoms with Crippen LogP contribution < -0.4 is 5.73 Å². The van der Waals surface area contributed by atoms with Gasteiger partial charge in [0.05, 0.1) is 16.2 Å². The zero-order valence-electron chi connectivity index (χ0n) is 9.92. The molecule has 2 N–H and O–H groups in total. The summed E-state index contributed by atoms with van der Waals surface area (Å²) in [5.74, 6) is 0.580. The summed E-state index contributed by atoms with van der Waals surface area (Å²) in [5.41, 5.74) is 7.75. The van der Waals surface area contributed by atoms with E-state index in [0.717, 1.165) is 15.7 Å². The molecule has 2 rings (SSSR count). The van der Waals surface area contributed by atoms with Crippen LogP contribution in [-0.4, -0.2) is 9.78 Å². The first-order valence-electron chi connectivity index (χ1n) is 5.37. The molecule has 0 radical (unpaired) electrons. The van der Waals surface area contributed by atoms with Crippen LogP contribution in [0.5, 0.6) is 0 Å². The second kappa shape index (κ2) is 5.11. The van der Waals surface area contributed by atoms with E-state index < -0.39 is 0 Å². The van der Waals surface area contributed by atoms with Crippen molar-refractivity contribution < 1.29 is 0 Å². The number of benzene rings is 1. The summed E-state index contributed by atoms with van der Waals surface area (Å²) in [6.45, 7) is 3.87. The molecule has 0 amide bonds. The summed E-state index contributed by atoms with van der Waals surface area (Å²) in [6, 6.07) is 5.28. The molecule has 96 valence electrons. The summed E-state index contributed by atoms with van der Waals surface area (Å²) in [5, 5.41) is 5.69. The lowest BCUT2D eigenvalue weighted by molar-refractivity contribution is 0.569. The zero-order valence-corrected chi connectivity index (χ0v) is 13.0. The van der Waals surface area contributed by atoms with E-state index in [9.17, 15) is 0 Å². The second-order valence-electron chi connectivity index (χ2n) is 4.07. The summed E-state index contributed by atoms with van der Waals surface area (Å²) in [4.78, 5) is 0. The third-order valence-corrected chi connectivity index (χ3v) is 4.38. The first kappa shape index (κ1) is 13.7. The summed E-state index contributed by atoms with van der Waals surface area (Å²) >= 11 is 15.6. The van der Waals surface area contributed by atoms with E-state index in [1.54, 1.807) is 16.8 Å². The van der Waals surface area contributed by atoms with Crippen LogP contribution in [0, 0.1) is 6.92 Å². The first-order chi connectivity index (χ1) is 8.41. The Labute approximate surface area is 124 Å². The molecule has 1 heterocycles. The van der Waals surface area contributed by atoms with Gasteiger partial charge in [-0.3, -0.25) is 0 Å². The SMILES string of the molecule is Cc1nn(C(C)c2cc(Cl)ccc2Cl)c(N)c1Br. The highest BCUT2D eigenvalue weighted by Crippen LogP contribution is 2.32. The van der Waals surface area contributed by atoms with E-state index >= 15 is 0 Å². The van der Waals surface area contributed by atoms with E-state index in [-0.39, 0.29) is 6.04 Å². The number of nitrogens with two attached hydrogens (primary N) is 1. The van der Waals surface area contributed by atoms with Crippen molar-refractivity contribution in [1.82, 2.24) is 9.78 Å². The lowest BCUT2D eigenvalue weighted by atomic mass is 10.1. The Bertz CT molecular complexity index is 595. The topological polar surface area (TPSA) is 43.8 Å². The van der Waals surface area contributed by atoms with Gasteiger partial charge >= 0.3 is 0 Å². The molecule has 1 aromatic heterocycles. The van der Waals surface area contributed by atoms with Crippen molar-refractivity contribution in [2.45, 2.75) is 19.9 Å². The lowest BCUT2D eigenvalue weighted by Gasteiger charge is -2.16. The Morgan fingerprint density at radius 2 is 2.06 bits per heavy atom. The molecule has 0 spiro atoms. The Morgan fingerprint density at radius 3 is 2.61 bits per heavy atom. The predicted molar refractivity (Wildman–Crippen MR) is 79.4 cm³/mol. The van der Waals surface area contributed by atoms with Gasteiger partial charge in [-0.05, 0) is 53.5 Å². The van der Waals surface area contributed by atoms with Crippen molar-refractivity contribution in [2.75, 3.05) is 5.73 Å². The van der Waals surface area contributed by atoms with E-state index in [1.807, 2.05) is 19.9 Å². The number of hydrogen-bond donors (Lipinski definition) is 1. The molecule has 1 unspecified atom stereocenters. The molecule has 0 bridgehead atoms. The fourth-order valence-corrected chi connectivity index (χ4v) is 2.52. The quantitative estimate of drug-likeness (QED) is 0.871. The molecule has 0 aliphatic carbocycles. The molecule has 6 heteroatoms. The van der Waals surface area contributed by atoms with Crippen molar-refractivity contribution in [3.63, 3.8) is 0 Å². The van der Waals surface area contributed by atoms with Gasteiger partial charge in [-0.2, -0.15) is 5.10 Å². The average Bonchev–Trinajstić information content (AvgIpc) is 2.59. The summed E-state index contributed by atoms with van der Waals surface area (Å²) in [7, 11) is 0. The number of anilines is 1. The standard InChI is InChI=1S/C12H12BrCl2N3/c1-6-11(13)12(16)18(17-6)7(2)9-5-8(14)3-4-10(9)15/h3-5,7H,16H2,1-2H3. The lowest BCUT2D eigenvalue weighted by Crippen LogP contribution is -2.12. The van der Waals surface area contributed by atoms with Crippen LogP contribution in [0.4, 0.5) is 5.82 Å². The van der Waals surface area contributed by atoms with E-state index in [0.29, 0.717) is 15.9 Å². The molecule has 0 saturated carbocycles. The normalized spacial score (nSPS) is 12.7. The zero-order chi connectivity index (χ0) is 13.4. The summed E-state index contributed by atoms with van der Waals surface area (Å²) < 4.78 is 2.55. The number of halogens is 3. The van der Waals surface area contributed by atoms with Crippen LogP contribution in [0.3, 0.4) is 0 Å². The maximum absolute atomic E-state index is 6.19. The molecule has 0 fully saturated rings. The van der Waals surface area contributed by atoms with Crippen molar-refractivity contribution >= 4 is 44.9 Å². The maximum Gasteiger partial charge on any atom is 0.137 e. The van der Waals surface area contributed by atoms with Gasteiger partial charge in [-0.15, -0.1) is 0 Å². The van der Waals surface area contributed by atoms with Gasteiger partial charge in [0.1, 0.15) is 5.82 Å². The van der Waals surface area contributed by atoms with Crippen LogP contribution in [0.1, 0.15) is 24.2 Å². The summed E-state index contributed by atoms with van der Waals surface area (Å²) in [6.07, 6.45) is 0. The van der Waals surface area contributed by atoms with Gasteiger partial charge in [-0.25, -0.2) is 4.68 Å². The smallest absolute Gasteiger partial charge is 0.137 e. The maximum atomic E-state index is 6.19. The van der Waals surface area contributed by atoms with Crippen molar-refractivity contribution in [2.24, 2.45) is 0 Å². The third-order valence-electron chi connectivity index (χ3n) is 2.82. The minimum Gasteiger partial charge on any atom is -0.383 e. The van der Waals surface area contributed by atoms with Gasteiger partial charge < -0.3 is 5.73 Å². The molecule has 0 saturated heterocycles. The van der Waals surface area contributed by atoms with E-state index in [1.165, 1.54) is 0 Å². The molecule has 0 aliphatic heterocycles. The van der Waals surface area contributed by atoms with Gasteiger partial charge in [0.15, 0.2) is 0 Å². The van der Waals surface area contributed by atoms with Gasteiger partial charge in [0, 0.05) is 10.0 Å². The number of nitrogen functional groups attached to an aromatic ring is 1. The highest BCUT2D eigenvalue weighted by Gasteiger charge is 2.18. The molecule has 2 aromatic rings. The monoisotopic (exact) mass is 347 g/mol. The van der Waals surface area contributed by atoms with Crippen LogP contribution >= 0.6 is 39.1 Å². The molecule has 18 heavy (non-hydrogen) atoms. The highest BCUT2D eigenvalue weighted by molar-refractivity contribution is 9.10. The van der Waals surface area contributed by atoms with Crippen LogP contribution in [-0.2, 0) is 0 Å². The van der Waals surface area contributed by atoms with E-state index in [4.69, 9.17) is 28.9 Å². The van der Waals surface area contributed by atoms with Crippen molar-refractivity contribution in [3.05, 3.63) is 44.0 Å². The van der Waals surface area contributed by atoms with E-state index in [2.05, 4.69) is 21.0 Å². The van der Waals surface area contributed by atoms with Gasteiger partial charge in [0.2, 0.25) is 0 Å². The van der Waals surface area contributed by atoms with Crippen molar-refractivity contribution in [1.29, 1.82) is 0 Å². The number of hydrogen-bond acceptors (Lipinski definition) is 2. The largest absolute Gasteiger partial charge is 0.383 e. The van der Waals surface area contributed by atoms with Crippen molar-refractivity contribution in [3.8, 4) is 0 Å².